The first kappa shape index (κ1) is 21.0. The summed E-state index contributed by atoms with van der Waals surface area (Å²) in [7, 11) is 1.58. The van der Waals surface area contributed by atoms with Crippen LogP contribution in [0.15, 0.2) is 40.8 Å². The summed E-state index contributed by atoms with van der Waals surface area (Å²) in [6, 6.07) is 11.5. The molecule has 0 bridgehead atoms. The molecule has 2 heterocycles. The van der Waals surface area contributed by atoms with Gasteiger partial charge in [0.25, 0.3) is 0 Å². The molecule has 0 spiro atoms. The number of benzene rings is 2. The van der Waals surface area contributed by atoms with Crippen LogP contribution in [-0.2, 0) is 9.53 Å². The third kappa shape index (κ3) is 4.45. The molecule has 3 aromatic rings. The van der Waals surface area contributed by atoms with Crippen molar-refractivity contribution in [3.63, 3.8) is 0 Å². The SMILES string of the molecule is COc1cc2c(cc1NC(=O)C1CCN(C(=O)OC(C)(C)C)CC1)oc1ccccc12. The van der Waals surface area contributed by atoms with Gasteiger partial charge >= 0.3 is 6.09 Å². The fraction of sp³-hybridized carbons (Fsp3) is 0.417. The van der Waals surface area contributed by atoms with Gasteiger partial charge in [-0.25, -0.2) is 4.79 Å². The minimum Gasteiger partial charge on any atom is -0.495 e. The highest BCUT2D eigenvalue weighted by Gasteiger charge is 2.30. The summed E-state index contributed by atoms with van der Waals surface area (Å²) in [5.74, 6) is 0.311. The third-order valence-corrected chi connectivity index (χ3v) is 5.47. The molecule has 0 atom stereocenters. The van der Waals surface area contributed by atoms with Crippen LogP contribution >= 0.6 is 0 Å². The van der Waals surface area contributed by atoms with E-state index in [0.29, 0.717) is 43.0 Å². The number of anilines is 1. The molecule has 1 aromatic heterocycles. The number of nitrogens with one attached hydrogen (secondary N) is 1. The van der Waals surface area contributed by atoms with E-state index in [-0.39, 0.29) is 17.9 Å². The number of methoxy groups -OCH3 is 1. The Morgan fingerprint density at radius 1 is 1.06 bits per heavy atom. The molecule has 164 valence electrons. The zero-order chi connectivity index (χ0) is 22.2. The van der Waals surface area contributed by atoms with Crippen LogP contribution in [0.5, 0.6) is 5.75 Å². The first-order valence-electron chi connectivity index (χ1n) is 10.5. The van der Waals surface area contributed by atoms with E-state index in [4.69, 9.17) is 13.9 Å². The first-order valence-corrected chi connectivity index (χ1v) is 10.5. The van der Waals surface area contributed by atoms with Crippen molar-refractivity contribution in [3.8, 4) is 5.75 Å². The molecule has 0 radical (unpaired) electrons. The normalized spacial score (nSPS) is 15.3. The molecule has 7 nitrogen and oxygen atoms in total. The Morgan fingerprint density at radius 3 is 2.45 bits per heavy atom. The average molecular weight is 424 g/mol. The Bertz CT molecular complexity index is 1120. The number of ether oxygens (including phenoxy) is 2. The Labute approximate surface area is 181 Å². The van der Waals surface area contributed by atoms with E-state index in [9.17, 15) is 9.59 Å². The van der Waals surface area contributed by atoms with E-state index in [1.54, 1.807) is 12.0 Å². The molecule has 1 aliphatic heterocycles. The Hall–Kier alpha value is -3.22. The van der Waals surface area contributed by atoms with Crippen molar-refractivity contribution in [1.82, 2.24) is 4.90 Å². The molecule has 0 saturated carbocycles. The van der Waals surface area contributed by atoms with E-state index in [1.165, 1.54) is 0 Å². The summed E-state index contributed by atoms with van der Waals surface area (Å²) in [6.45, 7) is 6.52. The maximum atomic E-state index is 12.9. The number of nitrogens with zero attached hydrogens (tertiary/aromatic N) is 1. The number of rotatable bonds is 3. The van der Waals surface area contributed by atoms with Crippen LogP contribution < -0.4 is 10.1 Å². The molecule has 31 heavy (non-hydrogen) atoms. The Morgan fingerprint density at radius 2 is 1.77 bits per heavy atom. The van der Waals surface area contributed by atoms with Gasteiger partial charge < -0.3 is 24.1 Å². The number of fused-ring (bicyclic) bond motifs is 3. The van der Waals surface area contributed by atoms with Gasteiger partial charge in [0.1, 0.15) is 22.5 Å². The quantitative estimate of drug-likeness (QED) is 0.627. The number of amides is 2. The molecule has 1 N–H and O–H groups in total. The monoisotopic (exact) mass is 424 g/mol. The van der Waals surface area contributed by atoms with Crippen molar-refractivity contribution in [2.75, 3.05) is 25.5 Å². The van der Waals surface area contributed by atoms with Crippen molar-refractivity contribution < 1.29 is 23.5 Å². The minimum atomic E-state index is -0.531. The molecule has 1 fully saturated rings. The lowest BCUT2D eigenvalue weighted by Gasteiger charge is -2.33. The number of hydrogen-bond acceptors (Lipinski definition) is 5. The first-order chi connectivity index (χ1) is 14.7. The average Bonchev–Trinajstić information content (AvgIpc) is 3.09. The highest BCUT2D eigenvalue weighted by atomic mass is 16.6. The van der Waals surface area contributed by atoms with Gasteiger partial charge in [-0.3, -0.25) is 4.79 Å². The summed E-state index contributed by atoms with van der Waals surface area (Å²) in [6.07, 6.45) is 0.837. The van der Waals surface area contributed by atoms with Gasteiger partial charge in [-0.1, -0.05) is 18.2 Å². The molecule has 2 aromatic carbocycles. The van der Waals surface area contributed by atoms with Crippen LogP contribution in [0.25, 0.3) is 21.9 Å². The lowest BCUT2D eigenvalue weighted by Crippen LogP contribution is -2.43. The molecular formula is C24H28N2O5. The van der Waals surface area contributed by atoms with Gasteiger partial charge in [-0.05, 0) is 45.7 Å². The molecule has 7 heteroatoms. The van der Waals surface area contributed by atoms with Crippen LogP contribution in [0, 0.1) is 5.92 Å². The van der Waals surface area contributed by atoms with Gasteiger partial charge in [0.05, 0.1) is 12.8 Å². The highest BCUT2D eigenvalue weighted by molar-refractivity contribution is 6.07. The predicted octanol–water partition coefficient (Wildman–Crippen LogP) is 5.18. The van der Waals surface area contributed by atoms with Gasteiger partial charge in [0.2, 0.25) is 5.91 Å². The number of piperidine rings is 1. The summed E-state index contributed by atoms with van der Waals surface area (Å²) in [5.41, 5.74) is 1.53. The zero-order valence-electron chi connectivity index (χ0n) is 18.4. The predicted molar refractivity (Wildman–Crippen MR) is 119 cm³/mol. The van der Waals surface area contributed by atoms with Gasteiger partial charge in [0.15, 0.2) is 0 Å². The third-order valence-electron chi connectivity index (χ3n) is 5.47. The summed E-state index contributed by atoms with van der Waals surface area (Å²) in [5, 5.41) is 4.94. The van der Waals surface area contributed by atoms with Gasteiger partial charge in [0, 0.05) is 35.8 Å². The second kappa shape index (κ2) is 8.13. The van der Waals surface area contributed by atoms with Crippen LogP contribution in [0.4, 0.5) is 10.5 Å². The molecule has 1 aliphatic rings. The van der Waals surface area contributed by atoms with E-state index in [2.05, 4.69) is 5.32 Å². The number of furan rings is 1. The van der Waals surface area contributed by atoms with Crippen molar-refractivity contribution in [3.05, 3.63) is 36.4 Å². The Kier molecular flexibility index (Phi) is 5.52. The Balaban J connectivity index is 1.46. The van der Waals surface area contributed by atoms with E-state index in [1.807, 2.05) is 57.2 Å². The fourth-order valence-electron chi connectivity index (χ4n) is 3.90. The smallest absolute Gasteiger partial charge is 0.410 e. The van der Waals surface area contributed by atoms with Crippen molar-refractivity contribution in [2.24, 2.45) is 5.92 Å². The lowest BCUT2D eigenvalue weighted by molar-refractivity contribution is -0.121. The number of para-hydroxylation sites is 1. The zero-order valence-corrected chi connectivity index (χ0v) is 18.4. The minimum absolute atomic E-state index is 0.0856. The van der Waals surface area contributed by atoms with E-state index < -0.39 is 5.60 Å². The molecule has 1 saturated heterocycles. The van der Waals surface area contributed by atoms with Crippen LogP contribution in [0.2, 0.25) is 0 Å². The van der Waals surface area contributed by atoms with Crippen molar-refractivity contribution in [2.45, 2.75) is 39.2 Å². The molecule has 2 amide bonds. The van der Waals surface area contributed by atoms with Crippen molar-refractivity contribution in [1.29, 1.82) is 0 Å². The van der Waals surface area contributed by atoms with Crippen LogP contribution in [-0.4, -0.2) is 42.7 Å². The molecule has 0 unspecified atom stereocenters. The molecule has 4 rings (SSSR count). The van der Waals surface area contributed by atoms with Gasteiger partial charge in [-0.2, -0.15) is 0 Å². The number of hydrogen-bond donors (Lipinski definition) is 1. The van der Waals surface area contributed by atoms with E-state index in [0.717, 1.165) is 16.4 Å². The number of likely N-dealkylation sites (tertiary alicyclic amines) is 1. The highest BCUT2D eigenvalue weighted by Crippen LogP contribution is 2.36. The summed E-state index contributed by atoms with van der Waals surface area (Å²) >= 11 is 0. The van der Waals surface area contributed by atoms with Crippen LogP contribution in [0.3, 0.4) is 0 Å². The maximum Gasteiger partial charge on any atom is 0.410 e. The number of carbonyl (C=O) groups excluding carboxylic acids is 2. The molecule has 0 aliphatic carbocycles. The number of carbonyl (C=O) groups is 2. The van der Waals surface area contributed by atoms with E-state index >= 15 is 0 Å². The fourth-order valence-corrected chi connectivity index (χ4v) is 3.90. The van der Waals surface area contributed by atoms with Crippen LogP contribution in [0.1, 0.15) is 33.6 Å². The van der Waals surface area contributed by atoms with Gasteiger partial charge in [-0.15, -0.1) is 0 Å². The summed E-state index contributed by atoms with van der Waals surface area (Å²) < 4.78 is 16.9. The summed E-state index contributed by atoms with van der Waals surface area (Å²) in [4.78, 5) is 26.8. The lowest BCUT2D eigenvalue weighted by atomic mass is 9.96. The molecular weight excluding hydrogens is 396 g/mol. The van der Waals surface area contributed by atoms with Crippen molar-refractivity contribution >= 4 is 39.6 Å². The topological polar surface area (TPSA) is 81.0 Å². The standard InChI is InChI=1S/C24H28N2O5/c1-24(2,3)31-23(28)26-11-9-15(10-12-26)22(27)25-18-14-20-17(13-21(18)29-4)16-7-5-6-8-19(16)30-20/h5-8,13-15H,9-12H2,1-4H3,(H,25,27). The second-order valence-electron chi connectivity index (χ2n) is 8.88. The second-order valence-corrected chi connectivity index (χ2v) is 8.88. The largest absolute Gasteiger partial charge is 0.495 e. The maximum absolute atomic E-state index is 12.9.